The minimum absolute atomic E-state index is 0.296. The normalized spacial score (nSPS) is 48.8. The first-order valence-electron chi connectivity index (χ1n) is 11.7. The average molecular weight is 377 g/mol. The molecule has 0 bridgehead atoms. The molecule has 0 amide bonds. The van der Waals surface area contributed by atoms with E-state index < -0.39 is 12.1 Å². The van der Waals surface area contributed by atoms with Crippen molar-refractivity contribution in [2.45, 2.75) is 97.5 Å². The van der Waals surface area contributed by atoms with Gasteiger partial charge in [-0.25, -0.2) is 4.79 Å². The molecular formula is C24H40O3. The summed E-state index contributed by atoms with van der Waals surface area (Å²) in [4.78, 5) is 11.1. The molecule has 4 saturated carbocycles. The number of carboxylic acid groups (broad SMARTS) is 1. The Balaban J connectivity index is 1.52. The summed E-state index contributed by atoms with van der Waals surface area (Å²) in [6, 6.07) is 0. The van der Waals surface area contributed by atoms with Crippen LogP contribution in [-0.2, 0) is 4.79 Å². The molecule has 0 aliphatic heterocycles. The Morgan fingerprint density at radius 1 is 0.963 bits per heavy atom. The molecule has 3 heteroatoms. The molecule has 4 fully saturated rings. The third kappa shape index (κ3) is 3.07. The Morgan fingerprint density at radius 2 is 1.70 bits per heavy atom. The Labute approximate surface area is 165 Å². The molecule has 0 radical (unpaired) electrons. The van der Waals surface area contributed by atoms with Gasteiger partial charge < -0.3 is 10.2 Å². The molecule has 4 aliphatic carbocycles. The van der Waals surface area contributed by atoms with Crippen LogP contribution >= 0.6 is 0 Å². The van der Waals surface area contributed by atoms with Gasteiger partial charge >= 0.3 is 5.97 Å². The summed E-state index contributed by atoms with van der Waals surface area (Å²) in [6.07, 6.45) is 13.2. The van der Waals surface area contributed by atoms with Crippen molar-refractivity contribution >= 4 is 5.97 Å². The molecule has 0 aromatic rings. The molecule has 0 aromatic carbocycles. The molecule has 0 aromatic heterocycles. The smallest absolute Gasteiger partial charge is 0.332 e. The minimum Gasteiger partial charge on any atom is -0.479 e. The zero-order valence-electron chi connectivity index (χ0n) is 17.6. The summed E-state index contributed by atoms with van der Waals surface area (Å²) in [5, 5.41) is 19.0. The van der Waals surface area contributed by atoms with Crippen LogP contribution in [0.2, 0.25) is 0 Å². The number of hydrogen-bond donors (Lipinski definition) is 2. The van der Waals surface area contributed by atoms with E-state index in [9.17, 15) is 9.90 Å². The average Bonchev–Trinajstić information content (AvgIpc) is 2.98. The molecule has 154 valence electrons. The Bertz CT molecular complexity index is 574. The molecular weight excluding hydrogens is 336 g/mol. The van der Waals surface area contributed by atoms with Gasteiger partial charge in [0.1, 0.15) is 0 Å². The van der Waals surface area contributed by atoms with Crippen molar-refractivity contribution in [3.8, 4) is 0 Å². The second-order valence-electron chi connectivity index (χ2n) is 11.2. The number of fused-ring (bicyclic) bond motifs is 5. The van der Waals surface area contributed by atoms with E-state index in [-0.39, 0.29) is 0 Å². The van der Waals surface area contributed by atoms with Crippen molar-refractivity contribution in [2.24, 2.45) is 46.3 Å². The molecule has 9 atom stereocenters. The van der Waals surface area contributed by atoms with Gasteiger partial charge in [-0.2, -0.15) is 0 Å². The summed E-state index contributed by atoms with van der Waals surface area (Å²) >= 11 is 0. The molecule has 0 heterocycles. The van der Waals surface area contributed by atoms with E-state index in [4.69, 9.17) is 5.11 Å². The lowest BCUT2D eigenvalue weighted by Crippen LogP contribution is -2.53. The maximum Gasteiger partial charge on any atom is 0.332 e. The van der Waals surface area contributed by atoms with Crippen molar-refractivity contribution in [3.63, 3.8) is 0 Å². The number of aliphatic hydroxyl groups is 1. The lowest BCUT2D eigenvalue weighted by molar-refractivity contribution is -0.148. The molecule has 4 rings (SSSR count). The molecule has 0 saturated heterocycles. The van der Waals surface area contributed by atoms with Crippen molar-refractivity contribution in [1.29, 1.82) is 0 Å². The lowest BCUT2D eigenvalue weighted by Gasteiger charge is -2.61. The van der Waals surface area contributed by atoms with Crippen LogP contribution < -0.4 is 0 Å². The highest BCUT2D eigenvalue weighted by Gasteiger charge is 2.60. The van der Waals surface area contributed by atoms with Crippen molar-refractivity contribution < 1.29 is 15.0 Å². The van der Waals surface area contributed by atoms with Gasteiger partial charge in [-0.3, -0.25) is 0 Å². The highest BCUT2D eigenvalue weighted by molar-refractivity contribution is 5.71. The van der Waals surface area contributed by atoms with Gasteiger partial charge in [-0.05, 0) is 104 Å². The van der Waals surface area contributed by atoms with E-state index >= 15 is 0 Å². The van der Waals surface area contributed by atoms with Crippen LogP contribution in [0.15, 0.2) is 0 Å². The zero-order chi connectivity index (χ0) is 19.4. The summed E-state index contributed by atoms with van der Waals surface area (Å²) in [6.45, 7) is 7.34. The predicted molar refractivity (Wildman–Crippen MR) is 107 cm³/mol. The number of carboxylic acids is 1. The first-order chi connectivity index (χ1) is 12.8. The van der Waals surface area contributed by atoms with E-state index in [1.165, 1.54) is 64.2 Å². The number of aliphatic hydroxyl groups excluding tert-OH is 1. The molecule has 2 N–H and O–H groups in total. The summed E-state index contributed by atoms with van der Waals surface area (Å²) in [5.41, 5.74) is 0.947. The van der Waals surface area contributed by atoms with Gasteiger partial charge in [0.25, 0.3) is 0 Å². The maximum absolute atomic E-state index is 11.1. The highest BCUT2D eigenvalue weighted by Crippen LogP contribution is 2.68. The summed E-state index contributed by atoms with van der Waals surface area (Å²) in [5.74, 6) is 3.43. The minimum atomic E-state index is -1.20. The lowest BCUT2D eigenvalue weighted by atomic mass is 9.44. The standard InChI is InChI=1S/C24H40O3/c1-15(14-21(25)22(26)27)18-9-10-19-17-8-7-16-6-4-5-12-23(16,2)20(17)11-13-24(18,19)3/h15-21,25H,4-14H2,1-3H3,(H,26,27)/t15-,16?,17+,18-,19+,20+,21?,23+,24-/m1/s1. The van der Waals surface area contributed by atoms with E-state index in [1.807, 2.05) is 0 Å². The molecule has 0 spiro atoms. The Morgan fingerprint density at radius 3 is 2.44 bits per heavy atom. The third-order valence-corrected chi connectivity index (χ3v) is 10.2. The first-order valence-corrected chi connectivity index (χ1v) is 11.7. The van der Waals surface area contributed by atoms with Crippen LogP contribution in [0.25, 0.3) is 0 Å². The van der Waals surface area contributed by atoms with Crippen LogP contribution in [0.4, 0.5) is 0 Å². The van der Waals surface area contributed by atoms with Crippen LogP contribution in [-0.4, -0.2) is 22.3 Å². The van der Waals surface area contributed by atoms with Crippen LogP contribution in [0.1, 0.15) is 91.4 Å². The third-order valence-electron chi connectivity index (χ3n) is 10.2. The zero-order valence-corrected chi connectivity index (χ0v) is 17.6. The van der Waals surface area contributed by atoms with Crippen LogP contribution in [0.3, 0.4) is 0 Å². The topological polar surface area (TPSA) is 57.5 Å². The molecule has 4 aliphatic rings. The second-order valence-corrected chi connectivity index (χ2v) is 11.2. The maximum atomic E-state index is 11.1. The fraction of sp³-hybridized carbons (Fsp3) is 0.958. The number of aliphatic carboxylic acids is 1. The van der Waals surface area contributed by atoms with E-state index in [2.05, 4.69) is 20.8 Å². The molecule has 27 heavy (non-hydrogen) atoms. The van der Waals surface area contributed by atoms with Gasteiger partial charge in [-0.15, -0.1) is 0 Å². The van der Waals surface area contributed by atoms with Gasteiger partial charge in [0.05, 0.1) is 0 Å². The fourth-order valence-corrected chi connectivity index (χ4v) is 8.89. The summed E-state index contributed by atoms with van der Waals surface area (Å²) in [7, 11) is 0. The van der Waals surface area contributed by atoms with Gasteiger partial charge in [0.2, 0.25) is 0 Å². The van der Waals surface area contributed by atoms with Gasteiger partial charge in [-0.1, -0.05) is 33.6 Å². The monoisotopic (exact) mass is 376 g/mol. The number of hydrogen-bond acceptors (Lipinski definition) is 2. The van der Waals surface area contributed by atoms with Crippen LogP contribution in [0, 0.1) is 46.3 Å². The predicted octanol–water partition coefficient (Wildman–Crippen LogP) is 5.51. The first kappa shape index (κ1) is 19.7. The van der Waals surface area contributed by atoms with E-state index in [0.717, 1.165) is 23.7 Å². The van der Waals surface area contributed by atoms with Crippen molar-refractivity contribution in [3.05, 3.63) is 0 Å². The Kier molecular flexibility index (Phi) is 5.15. The fourth-order valence-electron chi connectivity index (χ4n) is 8.89. The van der Waals surface area contributed by atoms with E-state index in [0.29, 0.717) is 29.1 Å². The highest BCUT2D eigenvalue weighted by atomic mass is 16.4. The van der Waals surface area contributed by atoms with Crippen molar-refractivity contribution in [2.75, 3.05) is 0 Å². The quantitative estimate of drug-likeness (QED) is 0.680. The van der Waals surface area contributed by atoms with Gasteiger partial charge in [0.15, 0.2) is 6.10 Å². The largest absolute Gasteiger partial charge is 0.479 e. The van der Waals surface area contributed by atoms with E-state index in [1.54, 1.807) is 0 Å². The summed E-state index contributed by atoms with van der Waals surface area (Å²) < 4.78 is 0. The van der Waals surface area contributed by atoms with Crippen LogP contribution in [0.5, 0.6) is 0 Å². The molecule has 3 nitrogen and oxygen atoms in total. The number of rotatable bonds is 4. The Hall–Kier alpha value is -0.570. The number of carbonyl (C=O) groups is 1. The van der Waals surface area contributed by atoms with Crippen molar-refractivity contribution in [1.82, 2.24) is 0 Å². The van der Waals surface area contributed by atoms with Gasteiger partial charge in [0, 0.05) is 0 Å². The second kappa shape index (κ2) is 7.04. The SMILES string of the molecule is C[C@H](CC(O)C(=O)O)[C@H]1CC[C@H]2[C@@H]3CCC4CCCC[C@]4(C)[C@H]3CC[C@]12C. The molecule has 2 unspecified atom stereocenters.